The number of unbranched alkanes of at least 4 members (excludes halogenated alkanes) is 1. The average Bonchev–Trinajstić information content (AvgIpc) is 2.51. The van der Waals surface area contributed by atoms with Gasteiger partial charge in [0.25, 0.3) is 0 Å². The number of carbonyl (C=O) groups is 1. The minimum absolute atomic E-state index is 0.264. The summed E-state index contributed by atoms with van der Waals surface area (Å²) in [5.74, 6) is 2.93. The highest BCUT2D eigenvalue weighted by atomic mass is 16.1. The first kappa shape index (κ1) is 11.7. The summed E-state index contributed by atoms with van der Waals surface area (Å²) in [6, 6.07) is 7.89. The van der Waals surface area contributed by atoms with Crippen LogP contribution in [0.5, 0.6) is 0 Å². The second-order valence-electron chi connectivity index (χ2n) is 4.34. The van der Waals surface area contributed by atoms with Crippen LogP contribution in [0.25, 0.3) is 0 Å². The molecule has 0 bridgehead atoms. The van der Waals surface area contributed by atoms with Gasteiger partial charge in [-0.25, -0.2) is 0 Å². The van der Waals surface area contributed by atoms with Gasteiger partial charge < -0.3 is 4.90 Å². The van der Waals surface area contributed by atoms with E-state index in [-0.39, 0.29) is 5.78 Å². The molecule has 17 heavy (non-hydrogen) atoms. The lowest BCUT2D eigenvalue weighted by molar-refractivity contribution is 0.0984. The summed E-state index contributed by atoms with van der Waals surface area (Å²) >= 11 is 0. The molecule has 2 rings (SSSR count). The number of anilines is 1. The van der Waals surface area contributed by atoms with Crippen LogP contribution in [0.1, 0.15) is 36.0 Å². The van der Waals surface area contributed by atoms with Gasteiger partial charge in [-0.2, -0.15) is 0 Å². The Balaban J connectivity index is 2.20. The van der Waals surface area contributed by atoms with E-state index in [0.717, 1.165) is 43.6 Å². The van der Waals surface area contributed by atoms with Gasteiger partial charge in [0.1, 0.15) is 0 Å². The summed E-state index contributed by atoms with van der Waals surface area (Å²) in [4.78, 5) is 14.2. The molecular weight excluding hydrogens is 210 g/mol. The molecule has 0 N–H and O–H groups in total. The summed E-state index contributed by atoms with van der Waals surface area (Å²) < 4.78 is 0. The van der Waals surface area contributed by atoms with Gasteiger partial charge in [-0.05, 0) is 25.0 Å². The summed E-state index contributed by atoms with van der Waals surface area (Å²) in [7, 11) is 0. The topological polar surface area (TPSA) is 20.3 Å². The average molecular weight is 227 g/mol. The number of benzene rings is 1. The minimum atomic E-state index is 0.264. The molecule has 0 saturated heterocycles. The van der Waals surface area contributed by atoms with Gasteiger partial charge in [0.2, 0.25) is 0 Å². The smallest absolute Gasteiger partial charge is 0.165 e. The normalized spacial score (nSPS) is 15.0. The van der Waals surface area contributed by atoms with Gasteiger partial charge in [-0.15, -0.1) is 12.3 Å². The lowest BCUT2D eigenvalue weighted by Gasteiger charge is -2.24. The Morgan fingerprint density at radius 2 is 2.18 bits per heavy atom. The van der Waals surface area contributed by atoms with Crippen molar-refractivity contribution in [1.82, 2.24) is 0 Å². The van der Waals surface area contributed by atoms with Crippen LogP contribution in [0.15, 0.2) is 24.3 Å². The number of hydrogen-bond acceptors (Lipinski definition) is 2. The summed E-state index contributed by atoms with van der Waals surface area (Å²) in [5.41, 5.74) is 1.94. The van der Waals surface area contributed by atoms with E-state index in [1.165, 1.54) is 0 Å². The highest BCUT2D eigenvalue weighted by Gasteiger charge is 2.19. The van der Waals surface area contributed by atoms with Crippen molar-refractivity contribution in [2.24, 2.45) is 0 Å². The van der Waals surface area contributed by atoms with Crippen molar-refractivity contribution in [3.63, 3.8) is 0 Å². The molecule has 1 heterocycles. The lowest BCUT2D eigenvalue weighted by atomic mass is 10.1. The molecule has 1 aromatic carbocycles. The summed E-state index contributed by atoms with van der Waals surface area (Å²) in [6.07, 6.45) is 8.64. The number of carbonyl (C=O) groups excluding carboxylic acids is 1. The number of para-hydroxylation sites is 1. The minimum Gasteiger partial charge on any atom is -0.371 e. The van der Waals surface area contributed by atoms with E-state index in [0.29, 0.717) is 6.42 Å². The second-order valence-corrected chi connectivity index (χ2v) is 4.34. The number of nitrogens with zero attached hydrogens (tertiary/aromatic N) is 1. The van der Waals surface area contributed by atoms with Crippen molar-refractivity contribution in [3.8, 4) is 12.3 Å². The molecule has 0 unspecified atom stereocenters. The third-order valence-corrected chi connectivity index (χ3v) is 3.13. The van der Waals surface area contributed by atoms with Gasteiger partial charge in [-0.3, -0.25) is 4.79 Å². The maximum Gasteiger partial charge on any atom is 0.165 e. The molecule has 0 spiro atoms. The molecular formula is C15H17NO. The maximum absolute atomic E-state index is 11.9. The molecule has 0 radical (unpaired) electrons. The Bertz CT molecular complexity index is 444. The first-order chi connectivity index (χ1) is 8.33. The van der Waals surface area contributed by atoms with Crippen LogP contribution in [0.4, 0.5) is 5.69 Å². The Labute approximate surface area is 103 Å². The van der Waals surface area contributed by atoms with Gasteiger partial charge in [0.15, 0.2) is 5.78 Å². The first-order valence-corrected chi connectivity index (χ1v) is 6.13. The number of fused-ring (bicyclic) bond motifs is 1. The zero-order valence-corrected chi connectivity index (χ0v) is 9.98. The van der Waals surface area contributed by atoms with Crippen LogP contribution < -0.4 is 4.90 Å². The van der Waals surface area contributed by atoms with Crippen LogP contribution >= 0.6 is 0 Å². The number of terminal acetylenes is 1. The van der Waals surface area contributed by atoms with Crippen LogP contribution in [0.3, 0.4) is 0 Å². The SMILES string of the molecule is C#CCCCN1CCCC(=O)c2ccccc21. The first-order valence-electron chi connectivity index (χ1n) is 6.13. The maximum atomic E-state index is 11.9. The molecule has 1 aliphatic heterocycles. The van der Waals surface area contributed by atoms with E-state index in [2.05, 4.69) is 10.8 Å². The summed E-state index contributed by atoms with van der Waals surface area (Å²) in [6.45, 7) is 1.89. The van der Waals surface area contributed by atoms with Crippen LogP contribution in [-0.4, -0.2) is 18.9 Å². The van der Waals surface area contributed by atoms with Crippen molar-refractivity contribution in [1.29, 1.82) is 0 Å². The standard InChI is InChI=1S/C15H17NO/c1-2-3-6-11-16-12-7-10-15(17)13-8-4-5-9-14(13)16/h1,4-5,8-9H,3,6-7,10-12H2. The Kier molecular flexibility index (Phi) is 3.82. The lowest BCUT2D eigenvalue weighted by Crippen LogP contribution is -2.25. The molecule has 2 heteroatoms. The van der Waals surface area contributed by atoms with E-state index < -0.39 is 0 Å². The van der Waals surface area contributed by atoms with Gasteiger partial charge in [0, 0.05) is 37.2 Å². The van der Waals surface area contributed by atoms with E-state index in [1.54, 1.807) is 0 Å². The van der Waals surface area contributed by atoms with E-state index >= 15 is 0 Å². The zero-order chi connectivity index (χ0) is 12.1. The molecule has 0 atom stereocenters. The third kappa shape index (κ3) is 2.68. The fourth-order valence-electron chi connectivity index (χ4n) is 2.28. The van der Waals surface area contributed by atoms with Crippen molar-refractivity contribution in [3.05, 3.63) is 29.8 Å². The molecule has 0 aliphatic carbocycles. The van der Waals surface area contributed by atoms with Gasteiger partial charge in [-0.1, -0.05) is 12.1 Å². The molecule has 1 aliphatic rings. The Morgan fingerprint density at radius 1 is 1.35 bits per heavy atom. The fourth-order valence-corrected chi connectivity index (χ4v) is 2.28. The molecule has 0 saturated carbocycles. The van der Waals surface area contributed by atoms with Crippen LogP contribution in [0, 0.1) is 12.3 Å². The number of ketones is 1. The Hall–Kier alpha value is -1.75. The number of rotatable bonds is 3. The monoisotopic (exact) mass is 227 g/mol. The third-order valence-electron chi connectivity index (χ3n) is 3.13. The van der Waals surface area contributed by atoms with Crippen LogP contribution in [-0.2, 0) is 0 Å². The van der Waals surface area contributed by atoms with E-state index in [4.69, 9.17) is 6.42 Å². The number of Topliss-reactive ketones (excluding diaryl/α,β-unsaturated/α-hetero) is 1. The highest BCUT2D eigenvalue weighted by molar-refractivity contribution is 6.01. The van der Waals surface area contributed by atoms with Crippen LogP contribution in [0.2, 0.25) is 0 Å². The van der Waals surface area contributed by atoms with Gasteiger partial charge in [0.05, 0.1) is 0 Å². The van der Waals surface area contributed by atoms with Crippen molar-refractivity contribution in [2.75, 3.05) is 18.0 Å². The zero-order valence-electron chi connectivity index (χ0n) is 9.98. The highest BCUT2D eigenvalue weighted by Crippen LogP contribution is 2.26. The summed E-state index contributed by atoms with van der Waals surface area (Å²) in [5, 5.41) is 0. The van der Waals surface area contributed by atoms with Crippen molar-refractivity contribution >= 4 is 11.5 Å². The molecule has 0 amide bonds. The van der Waals surface area contributed by atoms with Crippen molar-refractivity contribution in [2.45, 2.75) is 25.7 Å². The van der Waals surface area contributed by atoms with E-state index in [1.807, 2.05) is 24.3 Å². The predicted octanol–water partition coefficient (Wildman–Crippen LogP) is 2.88. The fraction of sp³-hybridized carbons (Fsp3) is 0.400. The molecule has 0 fully saturated rings. The largest absolute Gasteiger partial charge is 0.371 e. The number of hydrogen-bond donors (Lipinski definition) is 0. The molecule has 0 aromatic heterocycles. The molecule has 88 valence electrons. The van der Waals surface area contributed by atoms with Gasteiger partial charge >= 0.3 is 0 Å². The quantitative estimate of drug-likeness (QED) is 0.584. The van der Waals surface area contributed by atoms with Crippen molar-refractivity contribution < 1.29 is 4.79 Å². The second kappa shape index (κ2) is 5.54. The predicted molar refractivity (Wildman–Crippen MR) is 70.3 cm³/mol. The Morgan fingerprint density at radius 3 is 3.00 bits per heavy atom. The molecule has 2 nitrogen and oxygen atoms in total. The molecule has 1 aromatic rings. The van der Waals surface area contributed by atoms with E-state index in [9.17, 15) is 4.79 Å².